The van der Waals surface area contributed by atoms with E-state index < -0.39 is 0 Å². The van der Waals surface area contributed by atoms with Crippen molar-refractivity contribution in [3.05, 3.63) is 74.2 Å². The number of benzene rings is 2. The molecule has 0 amide bonds. The van der Waals surface area contributed by atoms with Gasteiger partial charge < -0.3 is 5.32 Å². The van der Waals surface area contributed by atoms with Crippen molar-refractivity contribution in [2.45, 2.75) is 13.8 Å². The first-order chi connectivity index (χ1) is 12.5. The van der Waals surface area contributed by atoms with Crippen LogP contribution in [0.3, 0.4) is 0 Å². The van der Waals surface area contributed by atoms with Gasteiger partial charge in [0.15, 0.2) is 0 Å². The second-order valence-electron chi connectivity index (χ2n) is 5.78. The molecule has 3 aromatic rings. The van der Waals surface area contributed by atoms with Crippen molar-refractivity contribution >= 4 is 45.8 Å². The molecule has 0 spiro atoms. The molecule has 0 fully saturated rings. The number of aromatic nitrogens is 1. The Bertz CT molecular complexity index is 1030. The van der Waals surface area contributed by atoms with Crippen LogP contribution in [0, 0.1) is 25.2 Å². The Kier molecular flexibility index (Phi) is 5.63. The predicted molar refractivity (Wildman–Crippen MR) is 111 cm³/mol. The first-order valence-corrected chi connectivity index (χ1v) is 9.47. The van der Waals surface area contributed by atoms with Gasteiger partial charge in [-0.15, -0.1) is 11.3 Å². The van der Waals surface area contributed by atoms with E-state index in [2.05, 4.69) is 30.2 Å². The number of nitrogens with zero attached hydrogens (tertiary/aromatic N) is 2. The van der Waals surface area contributed by atoms with Crippen molar-refractivity contribution in [1.29, 1.82) is 5.26 Å². The smallest absolute Gasteiger partial charge is 0.136 e. The van der Waals surface area contributed by atoms with Crippen molar-refractivity contribution in [3.63, 3.8) is 0 Å². The van der Waals surface area contributed by atoms with Gasteiger partial charge in [-0.05, 0) is 49.2 Å². The standard InChI is InChI=1S/C20H15Cl2N3S/c1-12-3-5-16(7-13(12)2)24-10-15(9-23)20-25-19(11-26-20)14-4-6-17(21)18(22)8-14/h3-8,10-11,24H,1-2H3/b15-10-. The maximum Gasteiger partial charge on any atom is 0.136 e. The largest absolute Gasteiger partial charge is 0.360 e. The van der Waals surface area contributed by atoms with E-state index in [1.54, 1.807) is 18.3 Å². The van der Waals surface area contributed by atoms with Gasteiger partial charge in [0.05, 0.1) is 15.7 Å². The quantitative estimate of drug-likeness (QED) is 0.495. The van der Waals surface area contributed by atoms with Crippen molar-refractivity contribution in [3.8, 4) is 17.3 Å². The van der Waals surface area contributed by atoms with Crippen LogP contribution in [-0.2, 0) is 0 Å². The van der Waals surface area contributed by atoms with E-state index in [1.807, 2.05) is 29.6 Å². The number of nitrogens with one attached hydrogen (secondary N) is 1. The highest BCUT2D eigenvalue weighted by atomic mass is 35.5. The lowest BCUT2D eigenvalue weighted by Gasteiger charge is -2.05. The first-order valence-electron chi connectivity index (χ1n) is 7.83. The summed E-state index contributed by atoms with van der Waals surface area (Å²) in [6.07, 6.45) is 1.68. The molecule has 1 heterocycles. The van der Waals surface area contributed by atoms with Crippen LogP contribution < -0.4 is 5.32 Å². The molecular weight excluding hydrogens is 385 g/mol. The SMILES string of the molecule is Cc1ccc(N/C=C(/C#N)c2nc(-c3ccc(Cl)c(Cl)c3)cs2)cc1C. The first kappa shape index (κ1) is 18.5. The van der Waals surface area contributed by atoms with Crippen LogP contribution in [0.2, 0.25) is 10.0 Å². The van der Waals surface area contributed by atoms with Gasteiger partial charge in [0.2, 0.25) is 0 Å². The van der Waals surface area contributed by atoms with Gasteiger partial charge in [-0.25, -0.2) is 4.98 Å². The summed E-state index contributed by atoms with van der Waals surface area (Å²) < 4.78 is 0. The minimum atomic E-state index is 0.472. The van der Waals surface area contributed by atoms with Crippen LogP contribution in [0.15, 0.2) is 48.0 Å². The summed E-state index contributed by atoms with van der Waals surface area (Å²) in [5, 5.41) is 16.2. The van der Waals surface area contributed by atoms with Crippen LogP contribution in [0.5, 0.6) is 0 Å². The zero-order valence-corrected chi connectivity index (χ0v) is 16.5. The third-order valence-corrected chi connectivity index (χ3v) is 5.58. The van der Waals surface area contributed by atoms with Gasteiger partial charge in [0.25, 0.3) is 0 Å². The number of rotatable bonds is 4. The molecule has 3 rings (SSSR count). The molecule has 0 saturated carbocycles. The molecule has 0 saturated heterocycles. The van der Waals surface area contributed by atoms with E-state index in [1.165, 1.54) is 22.5 Å². The van der Waals surface area contributed by atoms with Crippen LogP contribution in [-0.4, -0.2) is 4.98 Å². The Hall–Kier alpha value is -2.32. The zero-order chi connectivity index (χ0) is 18.7. The average molecular weight is 400 g/mol. The molecule has 1 N–H and O–H groups in total. The number of aryl methyl sites for hydroxylation is 2. The summed E-state index contributed by atoms with van der Waals surface area (Å²) in [7, 11) is 0. The molecule has 1 aromatic heterocycles. The number of anilines is 1. The van der Waals surface area contributed by atoms with Gasteiger partial charge in [-0.1, -0.05) is 35.3 Å². The van der Waals surface area contributed by atoms with E-state index in [0.29, 0.717) is 20.6 Å². The zero-order valence-electron chi connectivity index (χ0n) is 14.2. The highest BCUT2D eigenvalue weighted by Gasteiger charge is 2.10. The highest BCUT2D eigenvalue weighted by molar-refractivity contribution is 7.11. The summed E-state index contributed by atoms with van der Waals surface area (Å²) in [5.41, 5.74) is 5.45. The van der Waals surface area contributed by atoms with Crippen molar-refractivity contribution < 1.29 is 0 Å². The monoisotopic (exact) mass is 399 g/mol. The van der Waals surface area contributed by atoms with Gasteiger partial charge in [0, 0.05) is 22.8 Å². The molecule has 0 aliphatic rings. The summed E-state index contributed by atoms with van der Waals surface area (Å²) in [6.45, 7) is 4.12. The fourth-order valence-electron chi connectivity index (χ4n) is 2.31. The van der Waals surface area contributed by atoms with E-state index in [4.69, 9.17) is 23.2 Å². The Morgan fingerprint density at radius 3 is 2.62 bits per heavy atom. The Balaban J connectivity index is 1.84. The number of halogens is 2. The molecule has 6 heteroatoms. The third-order valence-electron chi connectivity index (χ3n) is 3.96. The molecule has 26 heavy (non-hydrogen) atoms. The maximum absolute atomic E-state index is 9.49. The maximum atomic E-state index is 9.49. The molecule has 3 nitrogen and oxygen atoms in total. The molecule has 0 unspecified atom stereocenters. The second-order valence-corrected chi connectivity index (χ2v) is 7.45. The number of thiazole rings is 1. The second kappa shape index (κ2) is 7.92. The fraction of sp³-hybridized carbons (Fsp3) is 0.100. The molecular formula is C20H15Cl2N3S. The summed E-state index contributed by atoms with van der Waals surface area (Å²) in [5.74, 6) is 0. The Labute approximate surface area is 166 Å². The minimum absolute atomic E-state index is 0.472. The predicted octanol–water partition coefficient (Wildman–Crippen LogP) is 6.71. The minimum Gasteiger partial charge on any atom is -0.360 e. The number of allylic oxidation sites excluding steroid dienone is 1. The van der Waals surface area contributed by atoms with Gasteiger partial charge in [-0.3, -0.25) is 0 Å². The summed E-state index contributed by atoms with van der Waals surface area (Å²) in [4.78, 5) is 4.55. The Morgan fingerprint density at radius 1 is 1.12 bits per heavy atom. The topological polar surface area (TPSA) is 48.7 Å². The van der Waals surface area contributed by atoms with Crippen molar-refractivity contribution in [1.82, 2.24) is 4.98 Å². The number of hydrogen-bond donors (Lipinski definition) is 1. The van der Waals surface area contributed by atoms with Crippen molar-refractivity contribution in [2.24, 2.45) is 0 Å². The molecule has 0 aliphatic heterocycles. The number of nitriles is 1. The van der Waals surface area contributed by atoms with E-state index in [-0.39, 0.29) is 0 Å². The van der Waals surface area contributed by atoms with Gasteiger partial charge >= 0.3 is 0 Å². The van der Waals surface area contributed by atoms with E-state index in [9.17, 15) is 5.26 Å². The molecule has 130 valence electrons. The van der Waals surface area contributed by atoms with Crippen molar-refractivity contribution in [2.75, 3.05) is 5.32 Å². The average Bonchev–Trinajstić information content (AvgIpc) is 3.11. The molecule has 0 atom stereocenters. The molecule has 0 radical (unpaired) electrons. The van der Waals surface area contributed by atoms with Crippen LogP contribution in [0.25, 0.3) is 16.8 Å². The van der Waals surface area contributed by atoms with Crippen LogP contribution >= 0.6 is 34.5 Å². The van der Waals surface area contributed by atoms with E-state index in [0.717, 1.165) is 16.9 Å². The Morgan fingerprint density at radius 2 is 1.92 bits per heavy atom. The molecule has 0 aliphatic carbocycles. The lowest BCUT2D eigenvalue weighted by atomic mass is 10.1. The lowest BCUT2D eigenvalue weighted by molar-refractivity contribution is 1.33. The fourth-order valence-corrected chi connectivity index (χ4v) is 3.41. The normalized spacial score (nSPS) is 11.3. The number of hydrogen-bond acceptors (Lipinski definition) is 4. The summed E-state index contributed by atoms with van der Waals surface area (Å²) >= 11 is 13.4. The lowest BCUT2D eigenvalue weighted by Crippen LogP contribution is -1.92. The molecule has 0 bridgehead atoms. The van der Waals surface area contributed by atoms with Gasteiger partial charge in [-0.2, -0.15) is 5.26 Å². The van der Waals surface area contributed by atoms with Crippen LogP contribution in [0.1, 0.15) is 16.1 Å². The highest BCUT2D eigenvalue weighted by Crippen LogP contribution is 2.30. The molecule has 2 aromatic carbocycles. The van der Waals surface area contributed by atoms with E-state index >= 15 is 0 Å². The summed E-state index contributed by atoms with van der Waals surface area (Å²) in [6, 6.07) is 13.6. The van der Waals surface area contributed by atoms with Crippen LogP contribution in [0.4, 0.5) is 5.69 Å². The van der Waals surface area contributed by atoms with Gasteiger partial charge in [0.1, 0.15) is 16.6 Å². The third kappa shape index (κ3) is 4.08.